The van der Waals surface area contributed by atoms with Crippen LogP contribution >= 0.6 is 0 Å². The van der Waals surface area contributed by atoms with E-state index in [-0.39, 0.29) is 17.7 Å². The maximum atomic E-state index is 12.1. The Bertz CT molecular complexity index is 513. The molecule has 0 bridgehead atoms. The van der Waals surface area contributed by atoms with Crippen molar-refractivity contribution in [3.05, 3.63) is 34.2 Å². The quantitative estimate of drug-likeness (QED) is 0.811. The van der Waals surface area contributed by atoms with Gasteiger partial charge >= 0.3 is 6.09 Å². The second-order valence-electron chi connectivity index (χ2n) is 5.92. The van der Waals surface area contributed by atoms with Crippen LogP contribution in [0.5, 0.6) is 0 Å². The number of pyridine rings is 1. The van der Waals surface area contributed by atoms with E-state index in [1.54, 1.807) is 17.2 Å². The van der Waals surface area contributed by atoms with Crippen LogP contribution in [0.4, 0.5) is 4.79 Å². The predicted octanol–water partition coefficient (Wildman–Crippen LogP) is 1.26. The Morgan fingerprint density at radius 3 is 2.75 bits per heavy atom. The molecule has 0 radical (unpaired) electrons. The van der Waals surface area contributed by atoms with Crippen LogP contribution in [-0.4, -0.2) is 41.2 Å². The summed E-state index contributed by atoms with van der Waals surface area (Å²) in [7, 11) is 0. The van der Waals surface area contributed by atoms with Gasteiger partial charge in [-0.15, -0.1) is 0 Å². The second kappa shape index (κ2) is 5.66. The van der Waals surface area contributed by atoms with Gasteiger partial charge in [-0.2, -0.15) is 0 Å². The molecule has 1 unspecified atom stereocenters. The summed E-state index contributed by atoms with van der Waals surface area (Å²) in [6.07, 6.45) is 1.38. The number of hydrogen-bond acceptors (Lipinski definition) is 4. The Morgan fingerprint density at radius 1 is 1.40 bits per heavy atom. The van der Waals surface area contributed by atoms with Gasteiger partial charge < -0.3 is 19.9 Å². The molecule has 0 spiro atoms. The highest BCUT2D eigenvalue weighted by molar-refractivity contribution is 5.68. The molecule has 1 fully saturated rings. The normalized spacial score (nSPS) is 19.8. The molecule has 0 saturated carbocycles. The van der Waals surface area contributed by atoms with Gasteiger partial charge in [0.2, 0.25) is 5.56 Å². The van der Waals surface area contributed by atoms with Crippen LogP contribution in [0.3, 0.4) is 0 Å². The van der Waals surface area contributed by atoms with Crippen molar-refractivity contribution in [3.8, 4) is 0 Å². The standard InChI is InChI=1S/C14H21N3O3/c1-14(2,3)20-13(19)17-7-6-15-11(9-17)10-4-5-12(18)16-8-10/h4-5,8,11,15H,6-7,9H2,1-3H3,(H,16,18). The number of piperazine rings is 1. The molecular weight excluding hydrogens is 258 g/mol. The molecular formula is C14H21N3O3. The largest absolute Gasteiger partial charge is 0.444 e. The molecule has 110 valence electrons. The lowest BCUT2D eigenvalue weighted by Crippen LogP contribution is -2.49. The maximum Gasteiger partial charge on any atom is 0.410 e. The number of nitrogens with zero attached hydrogens (tertiary/aromatic N) is 1. The molecule has 2 rings (SSSR count). The molecule has 1 amide bonds. The predicted molar refractivity (Wildman–Crippen MR) is 75.6 cm³/mol. The summed E-state index contributed by atoms with van der Waals surface area (Å²) in [5, 5.41) is 3.33. The van der Waals surface area contributed by atoms with Crippen molar-refractivity contribution in [1.29, 1.82) is 0 Å². The average Bonchev–Trinajstić information content (AvgIpc) is 2.38. The number of ether oxygens (including phenoxy) is 1. The Labute approximate surface area is 118 Å². The van der Waals surface area contributed by atoms with Crippen molar-refractivity contribution >= 4 is 6.09 Å². The van der Waals surface area contributed by atoms with Crippen LogP contribution in [0.1, 0.15) is 32.4 Å². The van der Waals surface area contributed by atoms with Crippen LogP contribution in [0.15, 0.2) is 23.1 Å². The number of aromatic nitrogens is 1. The van der Waals surface area contributed by atoms with Crippen molar-refractivity contribution in [2.45, 2.75) is 32.4 Å². The van der Waals surface area contributed by atoms with Crippen LogP contribution in [0.2, 0.25) is 0 Å². The third kappa shape index (κ3) is 3.84. The van der Waals surface area contributed by atoms with Crippen LogP contribution in [0.25, 0.3) is 0 Å². The first-order chi connectivity index (χ1) is 9.35. The fourth-order valence-corrected chi connectivity index (χ4v) is 2.10. The number of amides is 1. The van der Waals surface area contributed by atoms with E-state index >= 15 is 0 Å². The lowest BCUT2D eigenvalue weighted by atomic mass is 10.1. The van der Waals surface area contributed by atoms with Gasteiger partial charge in [0.05, 0.1) is 6.04 Å². The minimum atomic E-state index is -0.491. The summed E-state index contributed by atoms with van der Waals surface area (Å²) in [6.45, 7) is 7.41. The van der Waals surface area contributed by atoms with Gasteiger partial charge in [-0.1, -0.05) is 6.07 Å². The van der Waals surface area contributed by atoms with Crippen molar-refractivity contribution in [2.75, 3.05) is 19.6 Å². The zero-order valence-corrected chi connectivity index (χ0v) is 12.1. The fraction of sp³-hybridized carbons (Fsp3) is 0.571. The minimum absolute atomic E-state index is 0.00752. The number of carbonyl (C=O) groups is 1. The minimum Gasteiger partial charge on any atom is -0.444 e. The van der Waals surface area contributed by atoms with Gasteiger partial charge in [-0.25, -0.2) is 4.79 Å². The topological polar surface area (TPSA) is 74.4 Å². The molecule has 1 atom stereocenters. The molecule has 20 heavy (non-hydrogen) atoms. The summed E-state index contributed by atoms with van der Waals surface area (Å²) in [4.78, 5) is 27.5. The van der Waals surface area contributed by atoms with E-state index in [0.29, 0.717) is 19.6 Å². The van der Waals surface area contributed by atoms with Crippen molar-refractivity contribution in [2.24, 2.45) is 0 Å². The number of rotatable bonds is 1. The van der Waals surface area contributed by atoms with E-state index in [1.807, 2.05) is 20.8 Å². The summed E-state index contributed by atoms with van der Waals surface area (Å²) < 4.78 is 5.38. The van der Waals surface area contributed by atoms with E-state index in [9.17, 15) is 9.59 Å². The molecule has 1 aliphatic rings. The van der Waals surface area contributed by atoms with E-state index in [0.717, 1.165) is 5.56 Å². The van der Waals surface area contributed by atoms with Crippen molar-refractivity contribution in [3.63, 3.8) is 0 Å². The Morgan fingerprint density at radius 2 is 2.15 bits per heavy atom. The molecule has 6 nitrogen and oxygen atoms in total. The highest BCUT2D eigenvalue weighted by Gasteiger charge is 2.27. The smallest absolute Gasteiger partial charge is 0.410 e. The molecule has 1 aromatic rings. The zero-order chi connectivity index (χ0) is 14.8. The third-order valence-corrected chi connectivity index (χ3v) is 3.04. The molecule has 6 heteroatoms. The fourth-order valence-electron chi connectivity index (χ4n) is 2.10. The van der Waals surface area contributed by atoms with E-state index < -0.39 is 5.60 Å². The maximum absolute atomic E-state index is 12.1. The second-order valence-corrected chi connectivity index (χ2v) is 5.92. The molecule has 0 aliphatic carbocycles. The van der Waals surface area contributed by atoms with Crippen LogP contribution in [0, 0.1) is 0 Å². The number of nitrogens with one attached hydrogen (secondary N) is 2. The van der Waals surface area contributed by atoms with Crippen molar-refractivity contribution in [1.82, 2.24) is 15.2 Å². The zero-order valence-electron chi connectivity index (χ0n) is 12.1. The molecule has 1 aliphatic heterocycles. The Kier molecular flexibility index (Phi) is 4.13. The Hall–Kier alpha value is -1.82. The lowest BCUT2D eigenvalue weighted by molar-refractivity contribution is 0.0195. The highest BCUT2D eigenvalue weighted by Crippen LogP contribution is 2.18. The molecule has 2 N–H and O–H groups in total. The first kappa shape index (κ1) is 14.6. The van der Waals surface area contributed by atoms with Crippen LogP contribution < -0.4 is 10.9 Å². The average molecular weight is 279 g/mol. The molecule has 0 aromatic carbocycles. The third-order valence-electron chi connectivity index (χ3n) is 3.04. The van der Waals surface area contributed by atoms with Gasteiger partial charge in [0.15, 0.2) is 0 Å². The van der Waals surface area contributed by atoms with Gasteiger partial charge in [-0.05, 0) is 26.3 Å². The summed E-state index contributed by atoms with van der Waals surface area (Å²) in [5.41, 5.74) is 0.335. The monoisotopic (exact) mass is 279 g/mol. The lowest BCUT2D eigenvalue weighted by Gasteiger charge is -2.35. The van der Waals surface area contributed by atoms with Gasteiger partial charge in [0.1, 0.15) is 5.60 Å². The molecule has 2 heterocycles. The van der Waals surface area contributed by atoms with Gasteiger partial charge in [-0.3, -0.25) is 4.79 Å². The first-order valence-corrected chi connectivity index (χ1v) is 6.75. The number of H-pyrrole nitrogens is 1. The molecule has 1 aromatic heterocycles. The van der Waals surface area contributed by atoms with Gasteiger partial charge in [0, 0.05) is 31.9 Å². The van der Waals surface area contributed by atoms with Crippen molar-refractivity contribution < 1.29 is 9.53 Å². The summed E-state index contributed by atoms with van der Waals surface area (Å²) in [5.74, 6) is 0. The number of hydrogen-bond donors (Lipinski definition) is 2. The summed E-state index contributed by atoms with van der Waals surface area (Å²) >= 11 is 0. The number of carbonyl (C=O) groups excluding carboxylic acids is 1. The Balaban J connectivity index is 2.03. The number of aromatic amines is 1. The van der Waals surface area contributed by atoms with Crippen LogP contribution in [-0.2, 0) is 4.74 Å². The van der Waals surface area contributed by atoms with E-state index in [2.05, 4.69) is 10.3 Å². The van der Waals surface area contributed by atoms with E-state index in [4.69, 9.17) is 4.74 Å². The van der Waals surface area contributed by atoms with Gasteiger partial charge in [0.25, 0.3) is 0 Å². The first-order valence-electron chi connectivity index (χ1n) is 6.75. The van der Waals surface area contributed by atoms with E-state index in [1.165, 1.54) is 6.07 Å². The summed E-state index contributed by atoms with van der Waals surface area (Å²) in [6, 6.07) is 3.27. The highest BCUT2D eigenvalue weighted by atomic mass is 16.6. The SMILES string of the molecule is CC(C)(C)OC(=O)N1CCNC(c2ccc(=O)[nH]c2)C1. The molecule has 1 saturated heterocycles.